The molecule has 0 aliphatic heterocycles. The zero-order valence-corrected chi connectivity index (χ0v) is 18.6. The number of rotatable bonds is 9. The van der Waals surface area contributed by atoms with E-state index in [4.69, 9.17) is 9.47 Å². The molecule has 0 saturated heterocycles. The fourth-order valence-electron chi connectivity index (χ4n) is 3.15. The highest BCUT2D eigenvalue weighted by Crippen LogP contribution is 2.38. The number of methoxy groups -OCH3 is 2. The maximum Gasteiger partial charge on any atom is 0.282 e. The highest BCUT2D eigenvalue weighted by atomic mass is 32.1. The number of thiazole rings is 1. The van der Waals surface area contributed by atoms with Crippen molar-refractivity contribution in [1.29, 1.82) is 0 Å². The molecule has 1 heterocycles. The maximum atomic E-state index is 13.4. The van der Waals surface area contributed by atoms with E-state index in [0.29, 0.717) is 35.1 Å². The summed E-state index contributed by atoms with van der Waals surface area (Å²) >= 11 is 1.33. The van der Waals surface area contributed by atoms with Gasteiger partial charge < -0.3 is 14.4 Å². The van der Waals surface area contributed by atoms with E-state index < -0.39 is 10.8 Å². The van der Waals surface area contributed by atoms with E-state index >= 15 is 0 Å². The minimum Gasteiger partial charge on any atom is -0.493 e. The van der Waals surface area contributed by atoms with Crippen LogP contribution in [-0.4, -0.2) is 62.1 Å². The van der Waals surface area contributed by atoms with Gasteiger partial charge in [0.15, 0.2) is 16.6 Å². The standard InChI is InChI=1S/C21H24N4O5S/c1-23(2)10-7-11-24(20(26)14-8-5-6-9-16(14)25(27)28)21-22-15-12-17(29-3)18(30-4)13-19(15)31-21/h5-6,8-9,12-13H,7,10-11H2,1-4H3. The molecule has 2 aromatic carbocycles. The van der Waals surface area contributed by atoms with Crippen LogP contribution in [0.2, 0.25) is 0 Å². The monoisotopic (exact) mass is 444 g/mol. The Morgan fingerprint density at radius 3 is 2.45 bits per heavy atom. The molecule has 3 aromatic rings. The van der Waals surface area contributed by atoms with Gasteiger partial charge in [0.2, 0.25) is 0 Å². The molecular weight excluding hydrogens is 420 g/mol. The number of hydrogen-bond donors (Lipinski definition) is 0. The summed E-state index contributed by atoms with van der Waals surface area (Å²) in [6.07, 6.45) is 0.682. The highest BCUT2D eigenvalue weighted by Gasteiger charge is 2.27. The molecule has 0 fully saturated rings. The van der Waals surface area contributed by atoms with Gasteiger partial charge in [-0.05, 0) is 33.1 Å². The molecule has 0 aliphatic carbocycles. The summed E-state index contributed by atoms with van der Waals surface area (Å²) in [5.41, 5.74) is 0.465. The summed E-state index contributed by atoms with van der Waals surface area (Å²) in [5.74, 6) is 0.648. The molecule has 0 spiro atoms. The van der Waals surface area contributed by atoms with Crippen LogP contribution in [0.5, 0.6) is 11.5 Å². The summed E-state index contributed by atoms with van der Waals surface area (Å²) in [5, 5.41) is 11.9. The molecule has 10 heteroatoms. The minimum absolute atomic E-state index is 0.0340. The number of carbonyl (C=O) groups excluding carboxylic acids is 1. The van der Waals surface area contributed by atoms with Crippen LogP contribution in [0.4, 0.5) is 10.8 Å². The van der Waals surface area contributed by atoms with E-state index in [-0.39, 0.29) is 11.3 Å². The first-order valence-corrected chi connectivity index (χ1v) is 10.4. The van der Waals surface area contributed by atoms with Crippen molar-refractivity contribution in [3.05, 3.63) is 52.1 Å². The predicted molar refractivity (Wildman–Crippen MR) is 121 cm³/mol. The number of carbonyl (C=O) groups is 1. The predicted octanol–water partition coefficient (Wildman–Crippen LogP) is 3.82. The lowest BCUT2D eigenvalue weighted by molar-refractivity contribution is -0.385. The van der Waals surface area contributed by atoms with Crippen LogP contribution >= 0.6 is 11.3 Å². The first kappa shape index (κ1) is 22.4. The number of nitrogens with zero attached hydrogens (tertiary/aromatic N) is 4. The molecule has 0 saturated carbocycles. The van der Waals surface area contributed by atoms with E-state index in [1.807, 2.05) is 25.1 Å². The number of nitro groups is 1. The highest BCUT2D eigenvalue weighted by molar-refractivity contribution is 7.22. The summed E-state index contributed by atoms with van der Waals surface area (Å²) in [6, 6.07) is 9.52. The third-order valence-electron chi connectivity index (χ3n) is 4.68. The van der Waals surface area contributed by atoms with E-state index in [9.17, 15) is 14.9 Å². The molecule has 0 atom stereocenters. The van der Waals surface area contributed by atoms with Crippen molar-refractivity contribution in [3.63, 3.8) is 0 Å². The second kappa shape index (κ2) is 9.71. The van der Waals surface area contributed by atoms with Gasteiger partial charge in [0.1, 0.15) is 5.56 Å². The first-order chi connectivity index (χ1) is 14.8. The fraction of sp³-hybridized carbons (Fsp3) is 0.333. The van der Waals surface area contributed by atoms with Crippen LogP contribution in [0.3, 0.4) is 0 Å². The average molecular weight is 445 g/mol. The Morgan fingerprint density at radius 2 is 1.81 bits per heavy atom. The Kier molecular flexibility index (Phi) is 7.03. The van der Waals surface area contributed by atoms with Gasteiger partial charge in [-0.1, -0.05) is 23.5 Å². The molecule has 31 heavy (non-hydrogen) atoms. The van der Waals surface area contributed by atoms with E-state index in [1.165, 1.54) is 28.4 Å². The summed E-state index contributed by atoms with van der Waals surface area (Å²) in [4.78, 5) is 32.5. The van der Waals surface area contributed by atoms with Crippen molar-refractivity contribution in [1.82, 2.24) is 9.88 Å². The van der Waals surface area contributed by atoms with Gasteiger partial charge in [0, 0.05) is 24.7 Å². The molecule has 9 nitrogen and oxygen atoms in total. The number of ether oxygens (including phenoxy) is 2. The molecule has 1 aromatic heterocycles. The Bertz CT molecular complexity index is 1060. The van der Waals surface area contributed by atoms with Crippen LogP contribution in [0.1, 0.15) is 16.8 Å². The van der Waals surface area contributed by atoms with Crippen molar-refractivity contribution < 1.29 is 19.2 Å². The van der Waals surface area contributed by atoms with Crippen molar-refractivity contribution in [3.8, 4) is 11.5 Å². The van der Waals surface area contributed by atoms with Gasteiger partial charge in [-0.3, -0.25) is 19.8 Å². The lowest BCUT2D eigenvalue weighted by Crippen LogP contribution is -2.33. The number of nitro benzene ring substituents is 1. The van der Waals surface area contributed by atoms with Crippen LogP contribution < -0.4 is 14.4 Å². The molecule has 0 N–H and O–H groups in total. The average Bonchev–Trinajstić information content (AvgIpc) is 3.17. The number of anilines is 1. The third kappa shape index (κ3) is 4.92. The van der Waals surface area contributed by atoms with Crippen molar-refractivity contribution in [2.75, 3.05) is 46.3 Å². The van der Waals surface area contributed by atoms with E-state index in [2.05, 4.69) is 4.98 Å². The Hall–Kier alpha value is -3.24. The SMILES string of the molecule is COc1cc2nc(N(CCCN(C)C)C(=O)c3ccccc3[N+](=O)[O-])sc2cc1OC. The molecule has 164 valence electrons. The molecule has 3 rings (SSSR count). The summed E-state index contributed by atoms with van der Waals surface area (Å²) in [6.45, 7) is 1.13. The normalized spacial score (nSPS) is 11.0. The fourth-order valence-corrected chi connectivity index (χ4v) is 4.15. The van der Waals surface area contributed by atoms with Crippen LogP contribution in [0.15, 0.2) is 36.4 Å². The van der Waals surface area contributed by atoms with Gasteiger partial charge in [0.05, 0.1) is 29.4 Å². The van der Waals surface area contributed by atoms with Gasteiger partial charge in [0.25, 0.3) is 11.6 Å². The number of hydrogen-bond acceptors (Lipinski definition) is 8. The molecule has 1 amide bonds. The van der Waals surface area contributed by atoms with Gasteiger partial charge in [-0.2, -0.15) is 0 Å². The minimum atomic E-state index is -0.542. The lowest BCUT2D eigenvalue weighted by Gasteiger charge is -2.21. The largest absolute Gasteiger partial charge is 0.493 e. The van der Waals surface area contributed by atoms with Crippen LogP contribution in [-0.2, 0) is 0 Å². The molecule has 0 radical (unpaired) electrons. The lowest BCUT2D eigenvalue weighted by atomic mass is 10.1. The number of para-hydroxylation sites is 1. The van der Waals surface area contributed by atoms with E-state index in [1.54, 1.807) is 32.4 Å². The summed E-state index contributed by atoms with van der Waals surface area (Å²) < 4.78 is 11.5. The second-order valence-corrected chi connectivity index (χ2v) is 8.07. The van der Waals surface area contributed by atoms with Gasteiger partial charge >= 0.3 is 0 Å². The zero-order chi connectivity index (χ0) is 22.5. The van der Waals surface area contributed by atoms with Crippen molar-refractivity contribution in [2.24, 2.45) is 0 Å². The van der Waals surface area contributed by atoms with Gasteiger partial charge in [-0.25, -0.2) is 4.98 Å². The van der Waals surface area contributed by atoms with Crippen LogP contribution in [0.25, 0.3) is 10.2 Å². The quantitative estimate of drug-likeness (QED) is 0.365. The Morgan fingerprint density at radius 1 is 1.13 bits per heavy atom. The smallest absolute Gasteiger partial charge is 0.282 e. The number of benzene rings is 2. The number of amides is 1. The third-order valence-corrected chi connectivity index (χ3v) is 5.72. The summed E-state index contributed by atoms with van der Waals surface area (Å²) in [7, 11) is 6.99. The molecule has 0 unspecified atom stereocenters. The Labute approximate surface area is 184 Å². The number of fused-ring (bicyclic) bond motifs is 1. The van der Waals surface area contributed by atoms with Crippen molar-refractivity contribution in [2.45, 2.75) is 6.42 Å². The second-order valence-electron chi connectivity index (χ2n) is 7.06. The van der Waals surface area contributed by atoms with Gasteiger partial charge in [-0.15, -0.1) is 0 Å². The molecular formula is C21H24N4O5S. The maximum absolute atomic E-state index is 13.4. The topological polar surface area (TPSA) is 98.0 Å². The zero-order valence-electron chi connectivity index (χ0n) is 17.8. The van der Waals surface area contributed by atoms with Crippen molar-refractivity contribution >= 4 is 38.3 Å². The molecule has 0 aliphatic rings. The molecule has 0 bridgehead atoms. The Balaban J connectivity index is 2.05. The van der Waals surface area contributed by atoms with E-state index in [0.717, 1.165) is 11.2 Å². The first-order valence-electron chi connectivity index (χ1n) is 9.58. The van der Waals surface area contributed by atoms with Crippen LogP contribution in [0, 0.1) is 10.1 Å². The number of aromatic nitrogens is 1.